The van der Waals surface area contributed by atoms with Gasteiger partial charge < -0.3 is 5.32 Å². The Bertz CT molecular complexity index is 812. The molecule has 2 heterocycles. The third kappa shape index (κ3) is 4.64. The lowest BCUT2D eigenvalue weighted by Gasteiger charge is -2.26. The number of benzene rings is 1. The smallest absolute Gasteiger partial charge is 0.243 e. The minimum Gasteiger partial charge on any atom is -0.317 e. The van der Waals surface area contributed by atoms with E-state index in [1.54, 1.807) is 0 Å². The van der Waals surface area contributed by atoms with Crippen LogP contribution in [0.25, 0.3) is 0 Å². The number of sulfonamides is 2. The van der Waals surface area contributed by atoms with Crippen molar-refractivity contribution >= 4 is 20.0 Å². The van der Waals surface area contributed by atoms with E-state index in [1.165, 1.54) is 28.6 Å². The van der Waals surface area contributed by atoms with Gasteiger partial charge in [-0.05, 0) is 62.9 Å². The molecule has 0 aromatic heterocycles. The molecule has 0 unspecified atom stereocenters. The molecule has 2 fully saturated rings. The van der Waals surface area contributed by atoms with Crippen LogP contribution in [0.5, 0.6) is 0 Å². The molecule has 1 aromatic rings. The first-order chi connectivity index (χ1) is 12.4. The molecule has 0 radical (unpaired) electrons. The molecule has 0 saturated carbocycles. The zero-order chi connectivity index (χ0) is 18.6. The Morgan fingerprint density at radius 3 is 2.35 bits per heavy atom. The highest BCUT2D eigenvalue weighted by Crippen LogP contribution is 2.23. The van der Waals surface area contributed by atoms with Crippen molar-refractivity contribution in [2.24, 2.45) is 5.92 Å². The Morgan fingerprint density at radius 1 is 1.00 bits per heavy atom. The molecule has 26 heavy (non-hydrogen) atoms. The van der Waals surface area contributed by atoms with E-state index in [4.69, 9.17) is 0 Å². The number of rotatable bonds is 6. The molecule has 0 bridgehead atoms. The maximum absolute atomic E-state index is 12.8. The maximum Gasteiger partial charge on any atom is 0.243 e. The van der Waals surface area contributed by atoms with Gasteiger partial charge in [0.15, 0.2) is 0 Å². The summed E-state index contributed by atoms with van der Waals surface area (Å²) in [6.45, 7) is 3.17. The van der Waals surface area contributed by atoms with Gasteiger partial charge in [-0.3, -0.25) is 0 Å². The van der Waals surface area contributed by atoms with E-state index in [9.17, 15) is 16.8 Å². The minimum absolute atomic E-state index is 0.00418. The van der Waals surface area contributed by atoms with E-state index >= 15 is 0 Å². The lowest BCUT2D eigenvalue weighted by atomic mass is 9.99. The van der Waals surface area contributed by atoms with Gasteiger partial charge in [0.1, 0.15) is 0 Å². The first kappa shape index (κ1) is 19.8. The van der Waals surface area contributed by atoms with Crippen LogP contribution < -0.4 is 10.0 Å². The molecule has 0 atom stereocenters. The fourth-order valence-electron chi connectivity index (χ4n) is 3.45. The molecule has 2 aliphatic rings. The largest absolute Gasteiger partial charge is 0.317 e. The Kier molecular flexibility index (Phi) is 6.34. The van der Waals surface area contributed by atoms with Crippen molar-refractivity contribution in [1.82, 2.24) is 14.3 Å². The molecule has 0 aliphatic carbocycles. The Morgan fingerprint density at radius 2 is 1.65 bits per heavy atom. The molecule has 1 aromatic carbocycles. The number of hydrogen-bond acceptors (Lipinski definition) is 5. The standard InChI is InChI=1S/C17H27N3O4S2/c21-25(22,19-14-15-7-9-18-10-8-15)16-5-4-6-17(13-16)26(23,24)20-11-2-1-3-12-20/h4-6,13,15,18-19H,1-3,7-12,14H2. The highest BCUT2D eigenvalue weighted by molar-refractivity contribution is 7.90. The van der Waals surface area contributed by atoms with Gasteiger partial charge in [-0.15, -0.1) is 0 Å². The van der Waals surface area contributed by atoms with E-state index < -0.39 is 20.0 Å². The van der Waals surface area contributed by atoms with Crippen molar-refractivity contribution in [2.45, 2.75) is 41.9 Å². The molecule has 3 rings (SSSR count). The minimum atomic E-state index is -3.73. The second-order valence-electron chi connectivity index (χ2n) is 6.98. The van der Waals surface area contributed by atoms with E-state index in [-0.39, 0.29) is 9.79 Å². The van der Waals surface area contributed by atoms with Crippen LogP contribution in [0.15, 0.2) is 34.1 Å². The van der Waals surface area contributed by atoms with Crippen molar-refractivity contribution in [3.63, 3.8) is 0 Å². The predicted molar refractivity (Wildman–Crippen MR) is 99.8 cm³/mol. The van der Waals surface area contributed by atoms with E-state index in [0.717, 1.165) is 45.2 Å². The molecular formula is C17H27N3O4S2. The molecule has 7 nitrogen and oxygen atoms in total. The summed E-state index contributed by atoms with van der Waals surface area (Å²) in [7, 11) is -7.37. The van der Waals surface area contributed by atoms with Gasteiger partial charge in [-0.2, -0.15) is 4.31 Å². The van der Waals surface area contributed by atoms with Gasteiger partial charge in [-0.1, -0.05) is 12.5 Å². The molecule has 0 amide bonds. The molecular weight excluding hydrogens is 374 g/mol. The summed E-state index contributed by atoms with van der Waals surface area (Å²) in [5, 5.41) is 3.25. The fourth-order valence-corrected chi connectivity index (χ4v) is 6.25. The quantitative estimate of drug-likeness (QED) is 0.745. The van der Waals surface area contributed by atoms with Gasteiger partial charge in [0.05, 0.1) is 9.79 Å². The number of nitrogens with zero attached hydrogens (tertiary/aromatic N) is 1. The van der Waals surface area contributed by atoms with Gasteiger partial charge in [0.25, 0.3) is 0 Å². The van der Waals surface area contributed by atoms with Gasteiger partial charge >= 0.3 is 0 Å². The summed E-state index contributed by atoms with van der Waals surface area (Å²) in [4.78, 5) is 0.0497. The average Bonchev–Trinajstić information content (AvgIpc) is 2.68. The topological polar surface area (TPSA) is 95.6 Å². The van der Waals surface area contributed by atoms with Crippen LogP contribution in [0.4, 0.5) is 0 Å². The van der Waals surface area contributed by atoms with Crippen molar-refractivity contribution < 1.29 is 16.8 Å². The maximum atomic E-state index is 12.8. The van der Waals surface area contributed by atoms with Gasteiger partial charge in [0.2, 0.25) is 20.0 Å². The summed E-state index contributed by atoms with van der Waals surface area (Å²) < 4.78 is 54.8. The van der Waals surface area contributed by atoms with Crippen LogP contribution in [0.3, 0.4) is 0 Å². The average molecular weight is 402 g/mol. The normalized spacial score (nSPS) is 20.9. The second-order valence-corrected chi connectivity index (χ2v) is 10.7. The van der Waals surface area contributed by atoms with Crippen LogP contribution in [-0.2, 0) is 20.0 Å². The monoisotopic (exact) mass is 401 g/mol. The van der Waals surface area contributed by atoms with Crippen LogP contribution >= 0.6 is 0 Å². The highest BCUT2D eigenvalue weighted by Gasteiger charge is 2.27. The summed E-state index contributed by atoms with van der Waals surface area (Å²) in [6.07, 6.45) is 4.59. The number of piperidine rings is 2. The molecule has 2 aliphatic heterocycles. The number of hydrogen-bond donors (Lipinski definition) is 2. The van der Waals surface area contributed by atoms with Crippen LogP contribution in [0, 0.1) is 5.92 Å². The van der Waals surface area contributed by atoms with Gasteiger partial charge in [0, 0.05) is 19.6 Å². The molecule has 2 saturated heterocycles. The third-order valence-corrected chi connectivity index (χ3v) is 8.41. The Balaban J connectivity index is 1.75. The van der Waals surface area contributed by atoms with Crippen LogP contribution in [0.2, 0.25) is 0 Å². The molecule has 0 spiro atoms. The van der Waals surface area contributed by atoms with Crippen LogP contribution in [0.1, 0.15) is 32.1 Å². The highest BCUT2D eigenvalue weighted by atomic mass is 32.2. The lowest BCUT2D eigenvalue weighted by molar-refractivity contribution is 0.346. The van der Waals surface area contributed by atoms with Gasteiger partial charge in [-0.25, -0.2) is 21.6 Å². The molecule has 146 valence electrons. The van der Waals surface area contributed by atoms with Crippen molar-refractivity contribution in [1.29, 1.82) is 0 Å². The predicted octanol–water partition coefficient (Wildman–Crippen LogP) is 1.14. The lowest BCUT2D eigenvalue weighted by Crippen LogP contribution is -2.36. The fraction of sp³-hybridized carbons (Fsp3) is 0.647. The Labute approximate surface area is 156 Å². The van der Waals surface area contributed by atoms with Crippen molar-refractivity contribution in [2.75, 3.05) is 32.7 Å². The summed E-state index contributed by atoms with van der Waals surface area (Å²) in [5.41, 5.74) is 0. The zero-order valence-electron chi connectivity index (χ0n) is 14.9. The molecule has 2 N–H and O–H groups in total. The Hall–Kier alpha value is -1.00. The third-order valence-electron chi connectivity index (χ3n) is 5.09. The van der Waals surface area contributed by atoms with Crippen LogP contribution in [-0.4, -0.2) is 53.9 Å². The number of nitrogens with one attached hydrogen (secondary N) is 2. The summed E-state index contributed by atoms with van der Waals surface area (Å²) >= 11 is 0. The molecule has 9 heteroatoms. The zero-order valence-corrected chi connectivity index (χ0v) is 16.5. The summed E-state index contributed by atoms with van der Waals surface area (Å²) in [6, 6.07) is 5.68. The van der Waals surface area contributed by atoms with E-state index in [2.05, 4.69) is 10.0 Å². The first-order valence-corrected chi connectivity index (χ1v) is 12.1. The SMILES string of the molecule is O=S(=O)(NCC1CCNCC1)c1cccc(S(=O)(=O)N2CCCCC2)c1. The van der Waals surface area contributed by atoms with E-state index in [1.807, 2.05) is 0 Å². The van der Waals surface area contributed by atoms with Crippen molar-refractivity contribution in [3.05, 3.63) is 24.3 Å². The van der Waals surface area contributed by atoms with Crippen molar-refractivity contribution in [3.8, 4) is 0 Å². The summed E-state index contributed by atoms with van der Waals surface area (Å²) in [5.74, 6) is 0.311. The second kappa shape index (κ2) is 8.35. The van der Waals surface area contributed by atoms with E-state index in [0.29, 0.717) is 25.6 Å². The first-order valence-electron chi connectivity index (χ1n) is 9.20.